The fourth-order valence-electron chi connectivity index (χ4n) is 0.898. The Kier molecular flexibility index (Phi) is 4.10. The summed E-state index contributed by atoms with van der Waals surface area (Å²) in [6.07, 6.45) is 1.21. The van der Waals surface area contributed by atoms with E-state index in [2.05, 4.69) is 0 Å². The van der Waals surface area contributed by atoms with Gasteiger partial charge in [-0.05, 0) is 13.3 Å². The highest BCUT2D eigenvalue weighted by molar-refractivity contribution is 7.54. The topological polar surface area (TPSA) is 94.8 Å². The average molecular weight is 210 g/mol. The summed E-state index contributed by atoms with van der Waals surface area (Å²) >= 11 is 0. The van der Waals surface area contributed by atoms with Crippen LogP contribution in [-0.2, 0) is 9.36 Å². The van der Waals surface area contributed by atoms with Crippen molar-refractivity contribution in [2.24, 2.45) is 0 Å². The van der Waals surface area contributed by atoms with E-state index in [4.69, 9.17) is 14.9 Å². The second-order valence-electron chi connectivity index (χ2n) is 3.23. The van der Waals surface area contributed by atoms with Crippen molar-refractivity contribution in [3.63, 3.8) is 0 Å². The van der Waals surface area contributed by atoms with Gasteiger partial charge in [-0.3, -0.25) is 9.36 Å². The van der Waals surface area contributed by atoms with Gasteiger partial charge < -0.3 is 14.9 Å². The minimum absolute atomic E-state index is 0.00309. The molecular formula is C7H15O5P. The van der Waals surface area contributed by atoms with Crippen LogP contribution in [0.15, 0.2) is 0 Å². The molecule has 0 aliphatic heterocycles. The molecule has 1 unspecified atom stereocenters. The van der Waals surface area contributed by atoms with E-state index in [-0.39, 0.29) is 6.42 Å². The van der Waals surface area contributed by atoms with Gasteiger partial charge in [0.2, 0.25) is 0 Å². The first-order valence-corrected chi connectivity index (χ1v) is 5.66. The molecule has 0 aromatic heterocycles. The molecule has 0 aromatic rings. The van der Waals surface area contributed by atoms with Crippen LogP contribution in [0.5, 0.6) is 0 Å². The lowest BCUT2D eigenvalue weighted by molar-refractivity contribution is -0.140. The molecule has 5 nitrogen and oxygen atoms in total. The van der Waals surface area contributed by atoms with Crippen molar-refractivity contribution >= 4 is 13.6 Å². The standard InChI is InChI=1S/C7H15O5P/c1-3-4-5-7(2,6(8)9)13(10,11)12/h3-5H2,1-2H3,(H,8,9)(H2,10,11,12). The maximum Gasteiger partial charge on any atom is 0.342 e. The maximum atomic E-state index is 10.9. The van der Waals surface area contributed by atoms with Crippen molar-refractivity contribution < 1.29 is 24.3 Å². The third-order valence-corrected chi connectivity index (χ3v) is 3.82. The zero-order valence-corrected chi connectivity index (χ0v) is 8.62. The third-order valence-electron chi connectivity index (χ3n) is 2.12. The van der Waals surface area contributed by atoms with E-state index >= 15 is 0 Å². The summed E-state index contributed by atoms with van der Waals surface area (Å²) in [5.74, 6) is -1.44. The molecule has 0 heterocycles. The quantitative estimate of drug-likeness (QED) is 0.592. The highest BCUT2D eigenvalue weighted by Crippen LogP contribution is 2.53. The fraction of sp³-hybridized carbons (Fsp3) is 0.857. The second-order valence-corrected chi connectivity index (χ2v) is 5.30. The van der Waals surface area contributed by atoms with Crippen molar-refractivity contribution in [3.8, 4) is 0 Å². The van der Waals surface area contributed by atoms with Crippen LogP contribution in [-0.4, -0.2) is 26.0 Å². The summed E-state index contributed by atoms with van der Waals surface area (Å²) in [7, 11) is -4.57. The number of carboxylic acid groups (broad SMARTS) is 1. The van der Waals surface area contributed by atoms with E-state index in [0.717, 1.165) is 6.92 Å². The van der Waals surface area contributed by atoms with Crippen LogP contribution in [0.2, 0.25) is 0 Å². The third kappa shape index (κ3) is 2.79. The van der Waals surface area contributed by atoms with Gasteiger partial charge in [-0.15, -0.1) is 0 Å². The van der Waals surface area contributed by atoms with Gasteiger partial charge in [0.25, 0.3) is 0 Å². The van der Waals surface area contributed by atoms with E-state index in [1.165, 1.54) is 0 Å². The van der Waals surface area contributed by atoms with Gasteiger partial charge in [0.1, 0.15) is 0 Å². The van der Waals surface area contributed by atoms with Crippen molar-refractivity contribution in [2.45, 2.75) is 38.3 Å². The predicted molar refractivity (Wildman–Crippen MR) is 47.6 cm³/mol. The van der Waals surface area contributed by atoms with Crippen molar-refractivity contribution in [2.75, 3.05) is 0 Å². The maximum absolute atomic E-state index is 10.9. The van der Waals surface area contributed by atoms with Gasteiger partial charge in [0.05, 0.1) is 0 Å². The highest BCUT2D eigenvalue weighted by Gasteiger charge is 2.48. The lowest BCUT2D eigenvalue weighted by Gasteiger charge is -2.25. The van der Waals surface area contributed by atoms with E-state index in [0.29, 0.717) is 12.8 Å². The van der Waals surface area contributed by atoms with Crippen molar-refractivity contribution in [1.82, 2.24) is 0 Å². The molecule has 0 rings (SSSR count). The summed E-state index contributed by atoms with van der Waals surface area (Å²) in [5.41, 5.74) is 0. The van der Waals surface area contributed by atoms with Gasteiger partial charge in [-0.1, -0.05) is 19.8 Å². The first kappa shape index (κ1) is 12.6. The molecule has 0 aliphatic carbocycles. The van der Waals surface area contributed by atoms with Crippen molar-refractivity contribution in [1.29, 1.82) is 0 Å². The lowest BCUT2D eigenvalue weighted by atomic mass is 10.0. The van der Waals surface area contributed by atoms with Gasteiger partial charge in [-0.25, -0.2) is 0 Å². The minimum Gasteiger partial charge on any atom is -0.480 e. The minimum atomic E-state index is -4.57. The molecule has 0 spiro atoms. The Balaban J connectivity index is 4.75. The Morgan fingerprint density at radius 2 is 1.92 bits per heavy atom. The SMILES string of the molecule is CCCCC(C)(C(=O)O)P(=O)(O)O. The van der Waals surface area contributed by atoms with Crippen LogP contribution in [0.4, 0.5) is 0 Å². The molecule has 0 saturated heterocycles. The predicted octanol–water partition coefficient (Wildman–Crippen LogP) is 1.20. The first-order chi connectivity index (χ1) is 5.75. The number of unbranched alkanes of at least 4 members (excludes halogenated alkanes) is 1. The molecule has 3 N–H and O–H groups in total. The Morgan fingerprint density at radius 3 is 2.15 bits per heavy atom. The summed E-state index contributed by atoms with van der Waals surface area (Å²) in [4.78, 5) is 28.4. The number of hydrogen-bond acceptors (Lipinski definition) is 2. The molecule has 0 aromatic carbocycles. The van der Waals surface area contributed by atoms with Gasteiger partial charge in [-0.2, -0.15) is 0 Å². The summed E-state index contributed by atoms with van der Waals surface area (Å²) < 4.78 is 10.9. The molecule has 0 radical (unpaired) electrons. The lowest BCUT2D eigenvalue weighted by Crippen LogP contribution is -2.34. The number of aliphatic carboxylic acids is 1. The monoisotopic (exact) mass is 210 g/mol. The molecule has 0 amide bonds. The molecule has 13 heavy (non-hydrogen) atoms. The zero-order valence-electron chi connectivity index (χ0n) is 7.73. The van der Waals surface area contributed by atoms with Crippen LogP contribution in [0.25, 0.3) is 0 Å². The van der Waals surface area contributed by atoms with Crippen LogP contribution in [0.3, 0.4) is 0 Å². The molecule has 1 atom stereocenters. The van der Waals surface area contributed by atoms with Crippen LogP contribution in [0, 0.1) is 0 Å². The highest BCUT2D eigenvalue weighted by atomic mass is 31.2. The Bertz CT molecular complexity index is 233. The molecule has 0 saturated carbocycles. The van der Waals surface area contributed by atoms with Crippen LogP contribution < -0.4 is 0 Å². The molecule has 6 heteroatoms. The van der Waals surface area contributed by atoms with Crippen LogP contribution >= 0.6 is 7.60 Å². The van der Waals surface area contributed by atoms with Crippen LogP contribution in [0.1, 0.15) is 33.1 Å². The molecule has 0 aliphatic rings. The molecular weight excluding hydrogens is 195 g/mol. The van der Waals surface area contributed by atoms with Gasteiger partial charge in [0.15, 0.2) is 5.16 Å². The number of rotatable bonds is 5. The fourth-order valence-corrected chi connectivity index (χ4v) is 1.60. The first-order valence-electron chi connectivity index (χ1n) is 4.04. The normalized spacial score (nSPS) is 16.6. The zero-order chi connectivity index (χ0) is 10.7. The Labute approximate surface area is 76.9 Å². The summed E-state index contributed by atoms with van der Waals surface area (Å²) in [6.45, 7) is 2.92. The Hall–Kier alpha value is -0.380. The molecule has 0 fully saturated rings. The Morgan fingerprint density at radius 1 is 1.46 bits per heavy atom. The smallest absolute Gasteiger partial charge is 0.342 e. The second kappa shape index (κ2) is 4.22. The summed E-state index contributed by atoms with van der Waals surface area (Å²) in [5, 5.41) is 6.77. The van der Waals surface area contributed by atoms with E-state index in [1.807, 2.05) is 6.92 Å². The average Bonchev–Trinajstić information content (AvgIpc) is 1.97. The van der Waals surface area contributed by atoms with E-state index < -0.39 is 18.7 Å². The van der Waals surface area contributed by atoms with Crippen molar-refractivity contribution in [3.05, 3.63) is 0 Å². The summed E-state index contributed by atoms with van der Waals surface area (Å²) in [6, 6.07) is 0. The van der Waals surface area contributed by atoms with Gasteiger partial charge >= 0.3 is 13.6 Å². The molecule has 78 valence electrons. The number of carbonyl (C=O) groups is 1. The van der Waals surface area contributed by atoms with E-state index in [9.17, 15) is 9.36 Å². The number of carboxylic acids is 1. The molecule has 0 bridgehead atoms. The van der Waals surface area contributed by atoms with Gasteiger partial charge in [0, 0.05) is 0 Å². The van der Waals surface area contributed by atoms with E-state index in [1.54, 1.807) is 0 Å². The largest absolute Gasteiger partial charge is 0.480 e. The number of hydrogen-bond donors (Lipinski definition) is 3.